The zero-order chi connectivity index (χ0) is 20.2. The number of aromatic nitrogens is 1. The molecule has 28 heavy (non-hydrogen) atoms. The maximum atomic E-state index is 14.1. The minimum atomic E-state index is -0.863. The summed E-state index contributed by atoms with van der Waals surface area (Å²) < 4.78 is 16.7. The molecule has 4 rings (SSSR count). The summed E-state index contributed by atoms with van der Waals surface area (Å²) in [7, 11) is 0. The number of hydrogen-bond acceptors (Lipinski definition) is 2. The van der Waals surface area contributed by atoms with Crippen LogP contribution in [0.1, 0.15) is 24.5 Å². The molecule has 1 aliphatic rings. The summed E-state index contributed by atoms with van der Waals surface area (Å²) >= 11 is 23.4. The Bertz CT molecular complexity index is 1130. The molecule has 1 unspecified atom stereocenters. The van der Waals surface area contributed by atoms with Gasteiger partial charge in [-0.25, -0.2) is 4.39 Å². The fourth-order valence-corrected chi connectivity index (χ4v) is 6.38. The first-order valence-electron chi connectivity index (χ1n) is 8.31. The van der Waals surface area contributed by atoms with Gasteiger partial charge in [-0.05, 0) is 46.6 Å². The predicted octanol–water partition coefficient (Wildman–Crippen LogP) is 7.62. The van der Waals surface area contributed by atoms with Gasteiger partial charge in [0.25, 0.3) is 0 Å². The Morgan fingerprint density at radius 2 is 1.93 bits per heavy atom. The Kier molecular flexibility index (Phi) is 5.62. The molecule has 0 spiro atoms. The summed E-state index contributed by atoms with van der Waals surface area (Å²) in [6, 6.07) is 6.15. The molecule has 2 aromatic carbocycles. The lowest BCUT2D eigenvalue weighted by atomic mass is 10.0. The molecule has 0 fully saturated rings. The van der Waals surface area contributed by atoms with E-state index in [1.807, 2.05) is 4.57 Å². The van der Waals surface area contributed by atoms with Crippen LogP contribution in [-0.2, 0) is 11.3 Å². The van der Waals surface area contributed by atoms with E-state index in [-0.39, 0.29) is 18.2 Å². The third kappa shape index (κ3) is 3.54. The molecule has 3 aromatic rings. The molecule has 0 amide bonds. The summed E-state index contributed by atoms with van der Waals surface area (Å²) in [5.41, 5.74) is 1.62. The van der Waals surface area contributed by atoms with E-state index in [2.05, 4.69) is 15.9 Å². The largest absolute Gasteiger partial charge is 0.481 e. The molecular formula is C19H12BrCl3FNO2S. The summed E-state index contributed by atoms with van der Waals surface area (Å²) in [4.78, 5) is 12.9. The van der Waals surface area contributed by atoms with Crippen molar-refractivity contribution in [3.8, 4) is 0 Å². The van der Waals surface area contributed by atoms with Crippen LogP contribution in [0.15, 0.2) is 38.5 Å². The zero-order valence-corrected chi connectivity index (χ0v) is 18.8. The van der Waals surface area contributed by atoms with Crippen molar-refractivity contribution in [2.45, 2.75) is 35.1 Å². The minimum Gasteiger partial charge on any atom is -0.481 e. The topological polar surface area (TPSA) is 42.2 Å². The first-order chi connectivity index (χ1) is 13.3. The fraction of sp³-hybridized carbons (Fsp3) is 0.211. The highest BCUT2D eigenvalue weighted by atomic mass is 79.9. The van der Waals surface area contributed by atoms with E-state index in [0.29, 0.717) is 37.4 Å². The molecule has 1 atom stereocenters. The fourth-order valence-electron chi connectivity index (χ4n) is 3.65. The molecule has 2 heterocycles. The van der Waals surface area contributed by atoms with Gasteiger partial charge in [0.05, 0.1) is 27.0 Å². The first kappa shape index (κ1) is 20.4. The highest BCUT2D eigenvalue weighted by molar-refractivity contribution is 9.10. The second-order valence-electron chi connectivity index (χ2n) is 6.53. The second-order valence-corrected chi connectivity index (χ2v) is 9.66. The molecule has 0 aliphatic carbocycles. The molecule has 9 heteroatoms. The third-order valence-corrected chi connectivity index (χ3v) is 7.72. The van der Waals surface area contributed by atoms with Crippen LogP contribution in [0.4, 0.5) is 4.39 Å². The predicted molar refractivity (Wildman–Crippen MR) is 115 cm³/mol. The molecule has 3 nitrogen and oxygen atoms in total. The number of benzene rings is 2. The molecule has 1 N–H and O–H groups in total. The van der Waals surface area contributed by atoms with E-state index in [0.717, 1.165) is 21.5 Å². The van der Waals surface area contributed by atoms with Crippen LogP contribution in [0.2, 0.25) is 15.1 Å². The van der Waals surface area contributed by atoms with E-state index >= 15 is 0 Å². The number of carboxylic acid groups (broad SMARTS) is 1. The van der Waals surface area contributed by atoms with Crippen LogP contribution in [0.3, 0.4) is 0 Å². The molecule has 0 saturated heterocycles. The number of nitrogens with zero attached hydrogens (tertiary/aromatic N) is 1. The Hall–Kier alpha value is -0.920. The number of rotatable bonds is 4. The van der Waals surface area contributed by atoms with Crippen LogP contribution in [-0.4, -0.2) is 15.6 Å². The van der Waals surface area contributed by atoms with Crippen LogP contribution >= 0.6 is 62.5 Å². The number of hydrogen-bond donors (Lipinski definition) is 1. The number of halogens is 5. The van der Waals surface area contributed by atoms with Crippen molar-refractivity contribution in [1.82, 2.24) is 4.57 Å². The average Bonchev–Trinajstić information content (AvgIpc) is 3.12. The highest BCUT2D eigenvalue weighted by Gasteiger charge is 2.32. The average molecular weight is 524 g/mol. The lowest BCUT2D eigenvalue weighted by molar-refractivity contribution is -0.137. The van der Waals surface area contributed by atoms with Crippen LogP contribution in [0.25, 0.3) is 10.9 Å². The maximum absolute atomic E-state index is 14.1. The van der Waals surface area contributed by atoms with E-state index in [1.165, 1.54) is 23.9 Å². The number of fused-ring (bicyclic) bond motifs is 3. The third-order valence-electron chi connectivity index (χ3n) is 4.77. The van der Waals surface area contributed by atoms with Crippen molar-refractivity contribution in [1.29, 1.82) is 0 Å². The van der Waals surface area contributed by atoms with Gasteiger partial charge < -0.3 is 9.67 Å². The Morgan fingerprint density at radius 1 is 1.21 bits per heavy atom. The monoisotopic (exact) mass is 521 g/mol. The van der Waals surface area contributed by atoms with Crippen molar-refractivity contribution in [3.63, 3.8) is 0 Å². The molecule has 0 bridgehead atoms. The molecule has 146 valence electrons. The first-order valence-corrected chi connectivity index (χ1v) is 11.1. The Balaban J connectivity index is 1.94. The molecular weight excluding hydrogens is 512 g/mol. The Labute approximate surface area is 187 Å². The van der Waals surface area contributed by atoms with Crippen LogP contribution < -0.4 is 0 Å². The van der Waals surface area contributed by atoms with Gasteiger partial charge in [0.15, 0.2) is 0 Å². The molecule has 0 saturated carbocycles. The summed E-state index contributed by atoms with van der Waals surface area (Å²) in [5, 5.41) is 11.3. The minimum absolute atomic E-state index is 0.0130. The van der Waals surface area contributed by atoms with E-state index in [4.69, 9.17) is 34.8 Å². The molecule has 1 aromatic heterocycles. The van der Waals surface area contributed by atoms with Crippen LogP contribution in [0, 0.1) is 5.82 Å². The lowest BCUT2D eigenvalue weighted by Crippen LogP contribution is -2.04. The van der Waals surface area contributed by atoms with Crippen molar-refractivity contribution < 1.29 is 14.3 Å². The number of carbonyl (C=O) groups is 1. The van der Waals surface area contributed by atoms with E-state index in [1.54, 1.807) is 12.1 Å². The van der Waals surface area contributed by atoms with Gasteiger partial charge in [0.2, 0.25) is 0 Å². The molecule has 0 radical (unpaired) electrons. The van der Waals surface area contributed by atoms with Crippen molar-refractivity contribution in [2.75, 3.05) is 0 Å². The van der Waals surface area contributed by atoms with Gasteiger partial charge in [0.1, 0.15) is 5.82 Å². The van der Waals surface area contributed by atoms with Gasteiger partial charge >= 0.3 is 5.97 Å². The van der Waals surface area contributed by atoms with Gasteiger partial charge in [-0.2, -0.15) is 0 Å². The van der Waals surface area contributed by atoms with Gasteiger partial charge in [-0.15, -0.1) is 0 Å². The lowest BCUT2D eigenvalue weighted by Gasteiger charge is -2.12. The van der Waals surface area contributed by atoms with Crippen molar-refractivity contribution >= 4 is 79.4 Å². The van der Waals surface area contributed by atoms with Gasteiger partial charge in [0, 0.05) is 37.8 Å². The number of carboxylic acids is 1. The smallest absolute Gasteiger partial charge is 0.304 e. The van der Waals surface area contributed by atoms with E-state index < -0.39 is 5.97 Å². The van der Waals surface area contributed by atoms with E-state index in [9.17, 15) is 14.3 Å². The van der Waals surface area contributed by atoms with Crippen molar-refractivity contribution in [3.05, 3.63) is 55.3 Å². The SMILES string of the molecule is O=C(O)CC1CCn2c1c(Sc1cc(Cl)c(Cl)cc1Cl)c1c(Br)cc(F)cc12. The highest BCUT2D eigenvalue weighted by Crippen LogP contribution is 2.50. The summed E-state index contributed by atoms with van der Waals surface area (Å²) in [6.45, 7) is 0.634. The maximum Gasteiger partial charge on any atom is 0.304 e. The summed E-state index contributed by atoms with van der Waals surface area (Å²) in [6.07, 6.45) is 0.702. The van der Waals surface area contributed by atoms with Crippen molar-refractivity contribution in [2.24, 2.45) is 0 Å². The zero-order valence-electron chi connectivity index (χ0n) is 14.1. The Morgan fingerprint density at radius 3 is 2.64 bits per heavy atom. The van der Waals surface area contributed by atoms with Gasteiger partial charge in [-0.3, -0.25) is 4.79 Å². The quantitative estimate of drug-likeness (QED) is 0.358. The van der Waals surface area contributed by atoms with Gasteiger partial charge in [-0.1, -0.05) is 46.6 Å². The second kappa shape index (κ2) is 7.73. The number of aliphatic carboxylic acids is 1. The normalized spacial score (nSPS) is 16.0. The van der Waals surface area contributed by atoms with Crippen LogP contribution in [0.5, 0.6) is 0 Å². The summed E-state index contributed by atoms with van der Waals surface area (Å²) in [5.74, 6) is -1.38. The number of aryl methyl sites for hydroxylation is 1. The standard InChI is InChI=1S/C19H12BrCl3FNO2S/c20-10-4-9(24)5-14-17(10)19(18-8(3-16(26)27)1-2-25(14)18)28-15-7-12(22)11(21)6-13(15)23/h4-8H,1-3H2,(H,26,27). The molecule has 1 aliphatic heterocycles.